The van der Waals surface area contributed by atoms with Crippen LogP contribution >= 0.6 is 15.9 Å². The van der Waals surface area contributed by atoms with Gasteiger partial charge in [0.05, 0.1) is 42.1 Å². The minimum absolute atomic E-state index is 0.00133. The molecule has 3 aromatic carbocycles. The number of ether oxygens (including phenoxy) is 3. The standard InChI is InChI=1S/C26H28BrN3O6S/c1-17-6-9-20(10-7-17)30(37(32,33)21-11-13-23(34-3)22(27)15-21)16-26(31)29-28-18(2)19-8-12-24(35-4)25(14-19)36-5/h6-15H,16H2,1-5H3,(H,29,31)/b28-18-. The topological polar surface area (TPSA) is 107 Å². The van der Waals surface area contributed by atoms with Crippen LogP contribution in [0, 0.1) is 6.92 Å². The molecule has 11 heteroatoms. The molecule has 0 spiro atoms. The number of hydrazone groups is 1. The highest BCUT2D eigenvalue weighted by Gasteiger charge is 2.28. The van der Waals surface area contributed by atoms with Gasteiger partial charge in [-0.05, 0) is 78.3 Å². The van der Waals surface area contributed by atoms with Gasteiger partial charge in [0.25, 0.3) is 15.9 Å². The third kappa shape index (κ3) is 6.60. The van der Waals surface area contributed by atoms with Gasteiger partial charge in [0.2, 0.25) is 0 Å². The van der Waals surface area contributed by atoms with E-state index in [4.69, 9.17) is 14.2 Å². The summed E-state index contributed by atoms with van der Waals surface area (Å²) in [6.45, 7) is 3.12. The van der Waals surface area contributed by atoms with Crippen molar-refractivity contribution in [3.63, 3.8) is 0 Å². The van der Waals surface area contributed by atoms with Crippen molar-refractivity contribution in [1.29, 1.82) is 0 Å². The number of hydrogen-bond acceptors (Lipinski definition) is 7. The van der Waals surface area contributed by atoms with E-state index in [0.717, 1.165) is 9.87 Å². The highest BCUT2D eigenvalue weighted by Crippen LogP contribution is 2.31. The number of sulfonamides is 1. The van der Waals surface area contributed by atoms with Crippen LogP contribution in [0.5, 0.6) is 17.2 Å². The van der Waals surface area contributed by atoms with Gasteiger partial charge in [-0.1, -0.05) is 17.7 Å². The van der Waals surface area contributed by atoms with Crippen molar-refractivity contribution in [2.45, 2.75) is 18.7 Å². The number of methoxy groups -OCH3 is 3. The molecule has 3 rings (SSSR count). The monoisotopic (exact) mass is 589 g/mol. The van der Waals surface area contributed by atoms with Crippen LogP contribution in [-0.2, 0) is 14.8 Å². The first-order valence-corrected chi connectivity index (χ1v) is 13.3. The molecule has 196 valence electrons. The lowest BCUT2D eigenvalue weighted by molar-refractivity contribution is -0.119. The number of hydrogen-bond donors (Lipinski definition) is 1. The van der Waals surface area contributed by atoms with E-state index in [2.05, 4.69) is 26.5 Å². The van der Waals surface area contributed by atoms with Gasteiger partial charge >= 0.3 is 0 Å². The average molecular weight is 590 g/mol. The first-order chi connectivity index (χ1) is 17.6. The largest absolute Gasteiger partial charge is 0.496 e. The molecule has 1 amide bonds. The fourth-order valence-electron chi connectivity index (χ4n) is 3.40. The van der Waals surface area contributed by atoms with Gasteiger partial charge in [-0.3, -0.25) is 9.10 Å². The van der Waals surface area contributed by atoms with E-state index in [1.54, 1.807) is 55.5 Å². The number of carbonyl (C=O) groups excluding carboxylic acids is 1. The molecule has 0 saturated heterocycles. The number of amides is 1. The maximum atomic E-state index is 13.6. The van der Waals surface area contributed by atoms with E-state index in [1.165, 1.54) is 33.5 Å². The highest BCUT2D eigenvalue weighted by atomic mass is 79.9. The second-order valence-electron chi connectivity index (χ2n) is 7.95. The minimum Gasteiger partial charge on any atom is -0.496 e. The minimum atomic E-state index is -4.11. The Kier molecular flexibility index (Phi) is 9.17. The molecule has 0 saturated carbocycles. The number of aryl methyl sites for hydroxylation is 1. The zero-order chi connectivity index (χ0) is 27.2. The van der Waals surface area contributed by atoms with Crippen molar-refractivity contribution in [3.05, 3.63) is 76.3 Å². The third-order valence-corrected chi connectivity index (χ3v) is 7.86. The highest BCUT2D eigenvalue weighted by molar-refractivity contribution is 9.10. The van der Waals surface area contributed by atoms with Crippen LogP contribution in [0.2, 0.25) is 0 Å². The second kappa shape index (κ2) is 12.1. The molecule has 9 nitrogen and oxygen atoms in total. The van der Waals surface area contributed by atoms with Gasteiger partial charge in [0, 0.05) is 5.56 Å². The average Bonchev–Trinajstić information content (AvgIpc) is 2.90. The lowest BCUT2D eigenvalue weighted by Crippen LogP contribution is -2.39. The molecule has 0 bridgehead atoms. The molecular weight excluding hydrogens is 562 g/mol. The van der Waals surface area contributed by atoms with E-state index in [9.17, 15) is 13.2 Å². The number of carbonyl (C=O) groups is 1. The Bertz CT molecular complexity index is 1410. The molecule has 0 aromatic heterocycles. The lowest BCUT2D eigenvalue weighted by Gasteiger charge is -2.24. The van der Waals surface area contributed by atoms with Crippen molar-refractivity contribution < 1.29 is 27.4 Å². The van der Waals surface area contributed by atoms with Crippen molar-refractivity contribution in [3.8, 4) is 17.2 Å². The van der Waals surface area contributed by atoms with Crippen LogP contribution in [0.1, 0.15) is 18.1 Å². The smallest absolute Gasteiger partial charge is 0.264 e. The maximum absolute atomic E-state index is 13.6. The van der Waals surface area contributed by atoms with E-state index in [1.807, 2.05) is 6.92 Å². The van der Waals surface area contributed by atoms with Gasteiger partial charge in [-0.25, -0.2) is 13.8 Å². The Labute approximate surface area is 225 Å². The van der Waals surface area contributed by atoms with Gasteiger partial charge in [0.1, 0.15) is 12.3 Å². The summed E-state index contributed by atoms with van der Waals surface area (Å²) in [5.41, 5.74) is 4.94. The SMILES string of the molecule is COc1ccc(S(=O)(=O)N(CC(=O)N/N=C(/C)c2ccc(OC)c(OC)c2)c2ccc(C)cc2)cc1Br. The van der Waals surface area contributed by atoms with Crippen molar-refractivity contribution in [2.75, 3.05) is 32.2 Å². The third-order valence-electron chi connectivity index (χ3n) is 5.47. The number of benzene rings is 3. The Morgan fingerprint density at radius 1 is 0.919 bits per heavy atom. The predicted octanol–water partition coefficient (Wildman–Crippen LogP) is 4.52. The first kappa shape index (κ1) is 28.0. The summed E-state index contributed by atoms with van der Waals surface area (Å²) in [6, 6.07) is 16.5. The molecule has 0 atom stereocenters. The molecular formula is C26H28BrN3O6S. The summed E-state index contributed by atoms with van der Waals surface area (Å²) in [5, 5.41) is 4.15. The Morgan fingerprint density at radius 2 is 1.54 bits per heavy atom. The quantitative estimate of drug-likeness (QED) is 0.275. The molecule has 0 fully saturated rings. The van der Waals surface area contributed by atoms with Crippen molar-refractivity contribution in [1.82, 2.24) is 5.43 Å². The van der Waals surface area contributed by atoms with Gasteiger partial charge in [-0.2, -0.15) is 5.10 Å². The number of nitrogens with one attached hydrogen (secondary N) is 1. The van der Waals surface area contributed by atoms with Crippen molar-refractivity contribution >= 4 is 43.3 Å². The number of nitrogens with zero attached hydrogens (tertiary/aromatic N) is 2. The van der Waals surface area contributed by atoms with Crippen LogP contribution in [0.25, 0.3) is 0 Å². The second-order valence-corrected chi connectivity index (χ2v) is 10.7. The summed E-state index contributed by atoms with van der Waals surface area (Å²) in [4.78, 5) is 12.9. The van der Waals surface area contributed by atoms with Crippen LogP contribution in [-0.4, -0.2) is 47.9 Å². The maximum Gasteiger partial charge on any atom is 0.264 e. The fraction of sp³-hybridized carbons (Fsp3) is 0.231. The Hall–Kier alpha value is -3.57. The zero-order valence-corrected chi connectivity index (χ0v) is 23.5. The summed E-state index contributed by atoms with van der Waals surface area (Å²) in [7, 11) is 0.443. The summed E-state index contributed by atoms with van der Waals surface area (Å²) >= 11 is 3.33. The van der Waals surface area contributed by atoms with Gasteiger partial charge in [0.15, 0.2) is 11.5 Å². The predicted molar refractivity (Wildman–Crippen MR) is 146 cm³/mol. The van der Waals surface area contributed by atoms with E-state index < -0.39 is 22.5 Å². The number of rotatable bonds is 10. The summed E-state index contributed by atoms with van der Waals surface area (Å²) in [5.74, 6) is 0.950. The Balaban J connectivity index is 1.89. The molecule has 0 aliphatic rings. The van der Waals surface area contributed by atoms with Crippen LogP contribution < -0.4 is 23.9 Å². The van der Waals surface area contributed by atoms with Crippen LogP contribution in [0.4, 0.5) is 5.69 Å². The molecule has 0 unspecified atom stereocenters. The fourth-order valence-corrected chi connectivity index (χ4v) is 5.54. The number of halogens is 1. The molecule has 0 aliphatic heterocycles. The summed E-state index contributed by atoms with van der Waals surface area (Å²) < 4.78 is 44.5. The molecule has 0 heterocycles. The van der Waals surface area contributed by atoms with E-state index in [-0.39, 0.29) is 4.90 Å². The van der Waals surface area contributed by atoms with Crippen molar-refractivity contribution in [2.24, 2.45) is 5.10 Å². The Morgan fingerprint density at radius 3 is 2.14 bits per heavy atom. The molecule has 1 N–H and O–H groups in total. The molecule has 3 aromatic rings. The lowest BCUT2D eigenvalue weighted by atomic mass is 10.1. The summed E-state index contributed by atoms with van der Waals surface area (Å²) in [6.07, 6.45) is 0. The first-order valence-electron chi connectivity index (χ1n) is 11.1. The molecule has 0 aliphatic carbocycles. The molecule has 0 radical (unpaired) electrons. The van der Waals surface area contributed by atoms with E-state index in [0.29, 0.717) is 38.7 Å². The molecule has 37 heavy (non-hydrogen) atoms. The van der Waals surface area contributed by atoms with Crippen LogP contribution in [0.15, 0.2) is 75.1 Å². The zero-order valence-electron chi connectivity index (χ0n) is 21.1. The number of anilines is 1. The van der Waals surface area contributed by atoms with Gasteiger partial charge < -0.3 is 14.2 Å². The van der Waals surface area contributed by atoms with Gasteiger partial charge in [-0.15, -0.1) is 0 Å². The van der Waals surface area contributed by atoms with Crippen LogP contribution in [0.3, 0.4) is 0 Å². The van der Waals surface area contributed by atoms with E-state index >= 15 is 0 Å². The normalized spacial score (nSPS) is 11.6.